The summed E-state index contributed by atoms with van der Waals surface area (Å²) in [5.74, 6) is 0.321. The Morgan fingerprint density at radius 2 is 1.95 bits per heavy atom. The van der Waals surface area contributed by atoms with Crippen LogP contribution in [-0.4, -0.2) is 23.7 Å². The Hall–Kier alpha value is -3.31. The normalized spacial score (nSPS) is 27.3. The molecule has 1 saturated carbocycles. The number of carbonyl (C=O) groups excluding carboxylic acids is 1. The van der Waals surface area contributed by atoms with Gasteiger partial charge in [-0.3, -0.25) is 9.78 Å². The van der Waals surface area contributed by atoms with E-state index in [1.807, 2.05) is 55.5 Å². The van der Waals surface area contributed by atoms with Crippen LogP contribution in [0.25, 0.3) is 17.2 Å². The first kappa shape index (κ1) is 25.3. The molecule has 1 aliphatic heterocycles. The summed E-state index contributed by atoms with van der Waals surface area (Å²) in [4.78, 5) is 17.8. The summed E-state index contributed by atoms with van der Waals surface area (Å²) in [5.41, 5.74) is 2.99. The van der Waals surface area contributed by atoms with Crippen LogP contribution in [0.1, 0.15) is 44.4 Å². The smallest absolute Gasteiger partial charge is 0.315 e. The zero-order valence-electron chi connectivity index (χ0n) is 21.5. The predicted octanol–water partition coefficient (Wildman–Crippen LogP) is 7.10. The zero-order valence-corrected chi connectivity index (χ0v) is 21.5. The van der Waals surface area contributed by atoms with Gasteiger partial charge in [0.05, 0.1) is 24.3 Å². The van der Waals surface area contributed by atoms with Crippen molar-refractivity contribution in [2.45, 2.75) is 45.8 Å². The topological polar surface area (TPSA) is 48.4 Å². The maximum atomic E-state index is 13.6. The van der Waals surface area contributed by atoms with Gasteiger partial charge in [0.15, 0.2) is 0 Å². The summed E-state index contributed by atoms with van der Waals surface area (Å²) in [7, 11) is 0. The number of allylic oxidation sites excluding steroid dienone is 1. The summed E-state index contributed by atoms with van der Waals surface area (Å²) >= 11 is 0. The number of fused-ring (bicyclic) bond motifs is 1. The standard InChI is InChI=1S/C32H34FNO3/c1-3-24-16-17-32(21-36-20-23-8-5-4-6-9-23)30(22(2)37-31(32)35)29(24)15-14-28-13-12-26(19-34-28)25-10-7-11-27(33)18-25/h4-15,18-19,22,24,29-30H,3,16-17,20-21H2,1-2H3/b15-14+/t22-,24-,29+,30+,32+/m1/s1. The number of aromatic nitrogens is 1. The van der Waals surface area contributed by atoms with Crippen molar-refractivity contribution in [1.29, 1.82) is 0 Å². The molecule has 3 aromatic rings. The predicted molar refractivity (Wildman–Crippen MR) is 143 cm³/mol. The second-order valence-electron chi connectivity index (χ2n) is 10.4. The molecule has 0 unspecified atom stereocenters. The lowest BCUT2D eigenvalue weighted by molar-refractivity contribution is -0.153. The van der Waals surface area contributed by atoms with Crippen molar-refractivity contribution in [3.05, 3.63) is 96.1 Å². The third kappa shape index (κ3) is 5.24. The highest BCUT2D eigenvalue weighted by Gasteiger charge is 2.61. The highest BCUT2D eigenvalue weighted by molar-refractivity contribution is 5.80. The first-order valence-electron chi connectivity index (χ1n) is 13.2. The van der Waals surface area contributed by atoms with Gasteiger partial charge in [0, 0.05) is 17.7 Å². The van der Waals surface area contributed by atoms with Crippen molar-refractivity contribution in [3.8, 4) is 11.1 Å². The summed E-state index contributed by atoms with van der Waals surface area (Å²) in [6, 6.07) is 20.5. The van der Waals surface area contributed by atoms with Crippen LogP contribution in [0.4, 0.5) is 4.39 Å². The lowest BCUT2D eigenvalue weighted by atomic mass is 9.57. The van der Waals surface area contributed by atoms with Gasteiger partial charge in [-0.2, -0.15) is 0 Å². The van der Waals surface area contributed by atoms with E-state index in [2.05, 4.69) is 24.1 Å². The van der Waals surface area contributed by atoms with Crippen molar-refractivity contribution < 1.29 is 18.7 Å². The van der Waals surface area contributed by atoms with E-state index in [0.717, 1.165) is 41.6 Å². The molecule has 0 radical (unpaired) electrons. The van der Waals surface area contributed by atoms with Crippen LogP contribution in [0.5, 0.6) is 0 Å². The number of rotatable bonds is 8. The molecule has 0 bridgehead atoms. The third-order valence-electron chi connectivity index (χ3n) is 8.19. The fraction of sp³-hybridized carbons (Fsp3) is 0.375. The highest BCUT2D eigenvalue weighted by atomic mass is 19.1. The average molecular weight is 500 g/mol. The van der Waals surface area contributed by atoms with E-state index in [0.29, 0.717) is 19.1 Å². The van der Waals surface area contributed by atoms with Crippen LogP contribution in [0.3, 0.4) is 0 Å². The second kappa shape index (κ2) is 11.0. The number of hydrogen-bond donors (Lipinski definition) is 0. The number of hydrogen-bond acceptors (Lipinski definition) is 4. The van der Waals surface area contributed by atoms with Gasteiger partial charge in [-0.1, -0.05) is 68.0 Å². The van der Waals surface area contributed by atoms with Crippen molar-refractivity contribution >= 4 is 12.0 Å². The van der Waals surface area contributed by atoms with Gasteiger partial charge >= 0.3 is 5.97 Å². The minimum atomic E-state index is -0.621. The molecular formula is C32H34FNO3. The van der Waals surface area contributed by atoms with E-state index < -0.39 is 5.41 Å². The van der Waals surface area contributed by atoms with E-state index in [1.54, 1.807) is 12.3 Å². The Kier molecular flexibility index (Phi) is 7.52. The first-order valence-corrected chi connectivity index (χ1v) is 13.2. The van der Waals surface area contributed by atoms with Gasteiger partial charge in [0.1, 0.15) is 11.9 Å². The summed E-state index contributed by atoms with van der Waals surface area (Å²) in [6.07, 6.45) is 8.69. The zero-order chi connectivity index (χ0) is 25.8. The van der Waals surface area contributed by atoms with Gasteiger partial charge in [-0.05, 0) is 67.0 Å². The van der Waals surface area contributed by atoms with Gasteiger partial charge < -0.3 is 9.47 Å². The molecule has 0 amide bonds. The number of benzene rings is 2. The van der Waals surface area contributed by atoms with Crippen LogP contribution in [0, 0.1) is 29.0 Å². The number of esters is 1. The molecule has 5 rings (SSSR count). The Balaban J connectivity index is 1.35. The molecule has 2 fully saturated rings. The van der Waals surface area contributed by atoms with Crippen LogP contribution in [0.15, 0.2) is 79.0 Å². The van der Waals surface area contributed by atoms with Gasteiger partial charge in [0.25, 0.3) is 0 Å². The van der Waals surface area contributed by atoms with E-state index in [9.17, 15) is 9.18 Å². The maximum Gasteiger partial charge on any atom is 0.315 e. The lowest BCUT2D eigenvalue weighted by Crippen LogP contribution is -2.48. The highest BCUT2D eigenvalue weighted by Crippen LogP contribution is 2.55. The second-order valence-corrected chi connectivity index (χ2v) is 10.4. The van der Waals surface area contributed by atoms with Gasteiger partial charge in [0.2, 0.25) is 0 Å². The maximum absolute atomic E-state index is 13.6. The fourth-order valence-electron chi connectivity index (χ4n) is 6.28. The van der Waals surface area contributed by atoms with Crippen LogP contribution >= 0.6 is 0 Å². The largest absolute Gasteiger partial charge is 0.462 e. The van der Waals surface area contributed by atoms with E-state index in [4.69, 9.17) is 9.47 Å². The molecule has 1 saturated heterocycles. The number of halogens is 1. The summed E-state index contributed by atoms with van der Waals surface area (Å²) in [5, 5.41) is 0. The molecule has 5 atom stereocenters. The number of ether oxygens (including phenoxy) is 2. The van der Waals surface area contributed by atoms with Gasteiger partial charge in [-0.15, -0.1) is 0 Å². The molecule has 37 heavy (non-hydrogen) atoms. The fourth-order valence-corrected chi connectivity index (χ4v) is 6.28. The van der Waals surface area contributed by atoms with Gasteiger partial charge in [-0.25, -0.2) is 4.39 Å². The average Bonchev–Trinajstić information content (AvgIpc) is 3.17. The number of cyclic esters (lactones) is 1. The van der Waals surface area contributed by atoms with Crippen molar-refractivity contribution in [2.24, 2.45) is 23.2 Å². The van der Waals surface area contributed by atoms with Crippen molar-refractivity contribution in [3.63, 3.8) is 0 Å². The molecule has 2 aromatic carbocycles. The molecular weight excluding hydrogens is 465 g/mol. The Bertz CT molecular complexity index is 1240. The minimum Gasteiger partial charge on any atom is -0.462 e. The van der Waals surface area contributed by atoms with Crippen LogP contribution < -0.4 is 0 Å². The molecule has 0 N–H and O–H groups in total. The Morgan fingerprint density at radius 3 is 2.68 bits per heavy atom. The Labute approximate surface area is 218 Å². The van der Waals surface area contributed by atoms with Crippen molar-refractivity contribution in [2.75, 3.05) is 6.61 Å². The van der Waals surface area contributed by atoms with E-state index in [1.165, 1.54) is 12.1 Å². The van der Waals surface area contributed by atoms with Crippen molar-refractivity contribution in [1.82, 2.24) is 4.98 Å². The molecule has 0 spiro atoms. The molecule has 2 aliphatic rings. The molecule has 1 aromatic heterocycles. The number of carbonyl (C=O) groups is 1. The molecule has 192 valence electrons. The number of pyridine rings is 1. The third-order valence-corrected chi connectivity index (χ3v) is 8.19. The van der Waals surface area contributed by atoms with Crippen LogP contribution in [-0.2, 0) is 20.9 Å². The van der Waals surface area contributed by atoms with E-state index in [-0.39, 0.29) is 29.7 Å². The molecule has 5 heteroatoms. The van der Waals surface area contributed by atoms with Crippen LogP contribution in [0.2, 0.25) is 0 Å². The first-order chi connectivity index (χ1) is 18.0. The quantitative estimate of drug-likeness (QED) is 0.310. The SMILES string of the molecule is CC[C@@H]1CC[C@@]2(COCc3ccccc3)C(=O)O[C@H](C)[C@H]2[C@H]1/C=C/c1ccc(-c2cccc(F)c2)cn1. The number of nitrogens with zero attached hydrogens (tertiary/aromatic N) is 1. The Morgan fingerprint density at radius 1 is 1.11 bits per heavy atom. The monoisotopic (exact) mass is 499 g/mol. The lowest BCUT2D eigenvalue weighted by Gasteiger charge is -2.44. The minimum absolute atomic E-state index is 0.0530. The molecule has 4 nitrogen and oxygen atoms in total. The molecule has 2 heterocycles. The summed E-state index contributed by atoms with van der Waals surface area (Å²) in [6.45, 7) is 5.10. The molecule has 1 aliphatic carbocycles. The van der Waals surface area contributed by atoms with E-state index >= 15 is 0 Å². The summed E-state index contributed by atoms with van der Waals surface area (Å²) < 4.78 is 25.6.